The van der Waals surface area contributed by atoms with E-state index in [0.717, 1.165) is 23.4 Å². The molecule has 0 aliphatic heterocycles. The standard InChI is InChI=1S/C13H16FN3OS/c1-3-4-11-13(19-17-16-11)12(15)9-6-5-8(18-2)7-10(9)14/h5-7,12H,3-4,15H2,1-2H3. The number of hydrogen-bond acceptors (Lipinski definition) is 5. The second-order valence-electron chi connectivity index (χ2n) is 4.20. The summed E-state index contributed by atoms with van der Waals surface area (Å²) in [6.07, 6.45) is 1.76. The largest absolute Gasteiger partial charge is 0.497 e. The molecule has 0 amide bonds. The number of ether oxygens (including phenoxy) is 1. The van der Waals surface area contributed by atoms with Crippen LogP contribution in [0.2, 0.25) is 0 Å². The molecule has 19 heavy (non-hydrogen) atoms. The Morgan fingerprint density at radius 1 is 1.47 bits per heavy atom. The summed E-state index contributed by atoms with van der Waals surface area (Å²) in [6, 6.07) is 4.15. The van der Waals surface area contributed by atoms with Gasteiger partial charge in [0.05, 0.1) is 23.7 Å². The normalized spacial score (nSPS) is 12.4. The minimum Gasteiger partial charge on any atom is -0.497 e. The van der Waals surface area contributed by atoms with Gasteiger partial charge in [0, 0.05) is 11.6 Å². The highest BCUT2D eigenvalue weighted by Gasteiger charge is 2.20. The number of aryl methyl sites for hydroxylation is 1. The molecular formula is C13H16FN3OS. The summed E-state index contributed by atoms with van der Waals surface area (Å²) in [7, 11) is 1.50. The summed E-state index contributed by atoms with van der Waals surface area (Å²) in [5, 5.41) is 4.06. The molecule has 2 aromatic rings. The van der Waals surface area contributed by atoms with E-state index in [1.54, 1.807) is 12.1 Å². The summed E-state index contributed by atoms with van der Waals surface area (Å²) >= 11 is 1.23. The molecule has 0 saturated heterocycles. The number of hydrogen-bond donors (Lipinski definition) is 1. The third-order valence-electron chi connectivity index (χ3n) is 2.90. The third-order valence-corrected chi connectivity index (χ3v) is 3.75. The highest BCUT2D eigenvalue weighted by molar-refractivity contribution is 7.05. The number of halogens is 1. The molecule has 0 spiro atoms. The molecule has 0 fully saturated rings. The average molecular weight is 281 g/mol. The maximum absolute atomic E-state index is 14.0. The topological polar surface area (TPSA) is 61.0 Å². The molecule has 0 aliphatic rings. The zero-order valence-corrected chi connectivity index (χ0v) is 11.7. The molecule has 0 radical (unpaired) electrons. The van der Waals surface area contributed by atoms with Gasteiger partial charge < -0.3 is 10.5 Å². The van der Waals surface area contributed by atoms with Crippen molar-refractivity contribution in [2.45, 2.75) is 25.8 Å². The fourth-order valence-electron chi connectivity index (χ4n) is 1.89. The molecule has 2 N–H and O–H groups in total. The summed E-state index contributed by atoms with van der Waals surface area (Å²) in [6.45, 7) is 2.06. The van der Waals surface area contributed by atoms with Crippen molar-refractivity contribution in [2.24, 2.45) is 5.73 Å². The fraction of sp³-hybridized carbons (Fsp3) is 0.385. The quantitative estimate of drug-likeness (QED) is 0.915. The molecule has 1 unspecified atom stereocenters. The molecule has 1 heterocycles. The van der Waals surface area contributed by atoms with Crippen molar-refractivity contribution in [3.63, 3.8) is 0 Å². The van der Waals surface area contributed by atoms with E-state index in [1.165, 1.54) is 24.7 Å². The van der Waals surface area contributed by atoms with E-state index in [0.29, 0.717) is 11.3 Å². The van der Waals surface area contributed by atoms with Gasteiger partial charge in [-0.1, -0.05) is 23.9 Å². The predicted molar refractivity (Wildman–Crippen MR) is 72.9 cm³/mol. The highest BCUT2D eigenvalue weighted by atomic mass is 32.1. The summed E-state index contributed by atoms with van der Waals surface area (Å²) in [5.41, 5.74) is 7.42. The average Bonchev–Trinajstić information content (AvgIpc) is 2.86. The Hall–Kier alpha value is -1.53. The van der Waals surface area contributed by atoms with Crippen LogP contribution in [0.5, 0.6) is 5.75 Å². The van der Waals surface area contributed by atoms with Gasteiger partial charge >= 0.3 is 0 Å². The number of benzene rings is 1. The van der Waals surface area contributed by atoms with Crippen LogP contribution < -0.4 is 10.5 Å². The van der Waals surface area contributed by atoms with Gasteiger partial charge in [-0.2, -0.15) is 0 Å². The molecule has 1 aromatic heterocycles. The molecule has 2 rings (SSSR count). The smallest absolute Gasteiger partial charge is 0.132 e. The number of rotatable bonds is 5. The fourth-order valence-corrected chi connectivity index (χ4v) is 2.61. The van der Waals surface area contributed by atoms with E-state index in [-0.39, 0.29) is 5.82 Å². The van der Waals surface area contributed by atoms with Crippen LogP contribution in [0.1, 0.15) is 35.5 Å². The lowest BCUT2D eigenvalue weighted by molar-refractivity contribution is 0.410. The summed E-state index contributed by atoms with van der Waals surface area (Å²) < 4.78 is 22.9. The van der Waals surface area contributed by atoms with Gasteiger partial charge in [-0.05, 0) is 24.0 Å². The van der Waals surface area contributed by atoms with Crippen molar-refractivity contribution in [3.8, 4) is 5.75 Å². The molecule has 0 saturated carbocycles. The first-order chi connectivity index (χ1) is 9.17. The van der Waals surface area contributed by atoms with Crippen LogP contribution in [0.4, 0.5) is 4.39 Å². The molecule has 6 heteroatoms. The first-order valence-corrected chi connectivity index (χ1v) is 6.84. The molecular weight excluding hydrogens is 265 g/mol. The Bertz CT molecular complexity index is 559. The monoisotopic (exact) mass is 281 g/mol. The van der Waals surface area contributed by atoms with E-state index in [2.05, 4.69) is 16.5 Å². The first kappa shape index (κ1) is 13.9. The SMILES string of the molecule is CCCc1nnsc1C(N)c1ccc(OC)cc1F. The maximum Gasteiger partial charge on any atom is 0.132 e. The first-order valence-electron chi connectivity index (χ1n) is 6.07. The second kappa shape index (κ2) is 6.08. The number of nitrogens with two attached hydrogens (primary N) is 1. The molecule has 102 valence electrons. The number of aromatic nitrogens is 2. The van der Waals surface area contributed by atoms with Gasteiger partial charge in [-0.3, -0.25) is 0 Å². The van der Waals surface area contributed by atoms with Gasteiger partial charge in [0.25, 0.3) is 0 Å². The van der Waals surface area contributed by atoms with Crippen molar-refractivity contribution in [1.82, 2.24) is 9.59 Å². The van der Waals surface area contributed by atoms with Gasteiger partial charge in [0.15, 0.2) is 0 Å². The Labute approximate surface area is 115 Å². The Balaban J connectivity index is 2.33. The van der Waals surface area contributed by atoms with E-state index < -0.39 is 6.04 Å². The van der Waals surface area contributed by atoms with Crippen molar-refractivity contribution < 1.29 is 9.13 Å². The van der Waals surface area contributed by atoms with Crippen LogP contribution in [0, 0.1) is 5.82 Å². The third kappa shape index (κ3) is 2.90. The second-order valence-corrected chi connectivity index (χ2v) is 4.98. The predicted octanol–water partition coefficient (Wildman–Crippen LogP) is 2.69. The van der Waals surface area contributed by atoms with E-state index in [4.69, 9.17) is 10.5 Å². The van der Waals surface area contributed by atoms with E-state index >= 15 is 0 Å². The van der Waals surface area contributed by atoms with E-state index in [1.807, 2.05) is 0 Å². The van der Waals surface area contributed by atoms with Crippen LogP contribution in [0.3, 0.4) is 0 Å². The Kier molecular flexibility index (Phi) is 4.44. The minimum atomic E-state index is -0.535. The molecule has 1 atom stereocenters. The zero-order chi connectivity index (χ0) is 13.8. The summed E-state index contributed by atoms with van der Waals surface area (Å²) in [5.74, 6) is 0.104. The Morgan fingerprint density at radius 3 is 2.89 bits per heavy atom. The lowest BCUT2D eigenvalue weighted by Gasteiger charge is -2.13. The van der Waals surface area contributed by atoms with Crippen LogP contribution in [0.15, 0.2) is 18.2 Å². The molecule has 0 aliphatic carbocycles. The lowest BCUT2D eigenvalue weighted by Crippen LogP contribution is -2.14. The van der Waals surface area contributed by atoms with Crippen molar-refractivity contribution in [2.75, 3.05) is 7.11 Å². The van der Waals surface area contributed by atoms with Gasteiger partial charge in [0.1, 0.15) is 11.6 Å². The number of methoxy groups -OCH3 is 1. The lowest BCUT2D eigenvalue weighted by atomic mass is 10.0. The molecule has 0 bridgehead atoms. The highest BCUT2D eigenvalue weighted by Crippen LogP contribution is 2.29. The van der Waals surface area contributed by atoms with Gasteiger partial charge in [0.2, 0.25) is 0 Å². The van der Waals surface area contributed by atoms with Crippen LogP contribution in [-0.4, -0.2) is 16.7 Å². The Morgan fingerprint density at radius 2 is 2.26 bits per heavy atom. The van der Waals surface area contributed by atoms with Crippen LogP contribution in [-0.2, 0) is 6.42 Å². The minimum absolute atomic E-state index is 0.373. The zero-order valence-electron chi connectivity index (χ0n) is 10.9. The van der Waals surface area contributed by atoms with Crippen LogP contribution >= 0.6 is 11.5 Å². The molecule has 1 aromatic carbocycles. The van der Waals surface area contributed by atoms with Gasteiger partial charge in [-0.25, -0.2) is 4.39 Å². The van der Waals surface area contributed by atoms with Crippen molar-refractivity contribution in [1.29, 1.82) is 0 Å². The number of nitrogens with zero attached hydrogens (tertiary/aromatic N) is 2. The summed E-state index contributed by atoms with van der Waals surface area (Å²) in [4.78, 5) is 0.825. The van der Waals surface area contributed by atoms with Crippen LogP contribution in [0.25, 0.3) is 0 Å². The van der Waals surface area contributed by atoms with Crippen molar-refractivity contribution in [3.05, 3.63) is 40.2 Å². The molecule has 4 nitrogen and oxygen atoms in total. The van der Waals surface area contributed by atoms with Crippen molar-refractivity contribution >= 4 is 11.5 Å². The van der Waals surface area contributed by atoms with Gasteiger partial charge in [-0.15, -0.1) is 5.10 Å². The maximum atomic E-state index is 14.0. The van der Waals surface area contributed by atoms with E-state index in [9.17, 15) is 4.39 Å².